The molecule has 4 aromatic heterocycles. The summed E-state index contributed by atoms with van der Waals surface area (Å²) < 4.78 is 23.5. The second kappa shape index (κ2) is 7.00. The van der Waals surface area contributed by atoms with Crippen LogP contribution in [0.5, 0.6) is 5.88 Å². The largest absolute Gasteiger partial charge is 0.479 e. The van der Waals surface area contributed by atoms with Crippen molar-refractivity contribution in [1.82, 2.24) is 29.1 Å². The summed E-state index contributed by atoms with van der Waals surface area (Å²) in [4.78, 5) is 6.50. The Morgan fingerprint density at radius 2 is 2.07 bits per heavy atom. The first kappa shape index (κ1) is 17.9. The molecule has 0 bridgehead atoms. The summed E-state index contributed by atoms with van der Waals surface area (Å²) in [5.41, 5.74) is 3.74. The van der Waals surface area contributed by atoms with E-state index in [1.807, 2.05) is 47.1 Å². The van der Waals surface area contributed by atoms with Gasteiger partial charge < -0.3 is 15.0 Å². The first-order valence-electron chi connectivity index (χ1n) is 9.58. The lowest BCUT2D eigenvalue weighted by atomic mass is 10.0. The van der Waals surface area contributed by atoms with E-state index < -0.39 is 6.17 Å². The first-order chi connectivity index (χ1) is 14.1. The van der Waals surface area contributed by atoms with Crippen LogP contribution in [0.1, 0.15) is 6.42 Å². The number of aromatic nitrogens is 5. The van der Waals surface area contributed by atoms with Crippen LogP contribution in [0.25, 0.3) is 22.2 Å². The van der Waals surface area contributed by atoms with Crippen LogP contribution >= 0.6 is 0 Å². The molecular formula is C20H22FN7O. The van der Waals surface area contributed by atoms with Gasteiger partial charge in [0.1, 0.15) is 11.7 Å². The van der Waals surface area contributed by atoms with E-state index in [2.05, 4.69) is 26.6 Å². The van der Waals surface area contributed by atoms with Crippen LogP contribution < -0.4 is 10.1 Å². The van der Waals surface area contributed by atoms with Crippen molar-refractivity contribution in [3.63, 3.8) is 0 Å². The van der Waals surface area contributed by atoms with Crippen LogP contribution in [0.2, 0.25) is 0 Å². The van der Waals surface area contributed by atoms with Crippen molar-refractivity contribution in [2.75, 3.05) is 32.6 Å². The lowest BCUT2D eigenvalue weighted by molar-refractivity contribution is 0.149. The van der Waals surface area contributed by atoms with Crippen LogP contribution in [0.4, 0.5) is 10.3 Å². The number of methoxy groups -OCH3 is 1. The molecule has 4 aromatic rings. The molecule has 1 aliphatic heterocycles. The zero-order valence-electron chi connectivity index (χ0n) is 16.3. The second-order valence-electron chi connectivity index (χ2n) is 7.40. The lowest BCUT2D eigenvalue weighted by Crippen LogP contribution is -2.46. The standard InChI is InChI=1S/C20H22FN7O/c1-26-8-6-17(16(21)12-26)23-20-24-19(29-2)18-15(5-10-28(18)25-20)13-4-9-27-14(11-13)3-7-22-27/h3-5,7,9-11,16-17H,6,8,12H2,1-2H3,(H,23,25)/t16-,17+/m1/s1. The topological polar surface area (TPSA) is 72.0 Å². The number of likely N-dealkylation sites (tertiary alicyclic amines) is 1. The minimum Gasteiger partial charge on any atom is -0.479 e. The molecule has 150 valence electrons. The molecule has 9 heteroatoms. The van der Waals surface area contributed by atoms with Crippen LogP contribution in [-0.4, -0.2) is 68.6 Å². The Morgan fingerprint density at radius 3 is 2.90 bits per heavy atom. The van der Waals surface area contributed by atoms with E-state index in [1.54, 1.807) is 17.8 Å². The Labute approximate surface area is 166 Å². The van der Waals surface area contributed by atoms with Crippen molar-refractivity contribution < 1.29 is 9.13 Å². The Kier molecular flexibility index (Phi) is 4.31. The van der Waals surface area contributed by atoms with Crippen LogP contribution in [0, 0.1) is 0 Å². The number of hydrogen-bond donors (Lipinski definition) is 1. The third-order valence-corrected chi connectivity index (χ3v) is 5.44. The Balaban J connectivity index is 1.52. The molecule has 2 atom stereocenters. The number of anilines is 1. The van der Waals surface area contributed by atoms with Gasteiger partial charge in [0.2, 0.25) is 11.8 Å². The third-order valence-electron chi connectivity index (χ3n) is 5.44. The highest BCUT2D eigenvalue weighted by atomic mass is 19.1. The zero-order chi connectivity index (χ0) is 20.0. The molecular weight excluding hydrogens is 373 g/mol. The maximum absolute atomic E-state index is 14.4. The molecule has 1 fully saturated rings. The van der Waals surface area contributed by atoms with E-state index in [9.17, 15) is 4.39 Å². The lowest BCUT2D eigenvalue weighted by Gasteiger charge is -2.32. The van der Waals surface area contributed by atoms with Gasteiger partial charge in [0.15, 0.2) is 0 Å². The van der Waals surface area contributed by atoms with Crippen LogP contribution in [-0.2, 0) is 0 Å². The zero-order valence-corrected chi connectivity index (χ0v) is 16.3. The summed E-state index contributed by atoms with van der Waals surface area (Å²) in [6, 6.07) is 7.67. The molecule has 5 heterocycles. The van der Waals surface area contributed by atoms with Crippen molar-refractivity contribution >= 4 is 17.0 Å². The quantitative estimate of drug-likeness (QED) is 0.573. The average molecular weight is 395 g/mol. The number of hydrogen-bond acceptors (Lipinski definition) is 6. The number of piperidine rings is 1. The summed E-state index contributed by atoms with van der Waals surface area (Å²) in [6.45, 7) is 1.24. The Morgan fingerprint density at radius 1 is 1.21 bits per heavy atom. The van der Waals surface area contributed by atoms with Gasteiger partial charge >= 0.3 is 0 Å². The molecule has 1 saturated heterocycles. The van der Waals surface area contributed by atoms with Gasteiger partial charge in [-0.2, -0.15) is 10.1 Å². The molecule has 8 nitrogen and oxygen atoms in total. The predicted octanol–water partition coefficient (Wildman–Crippen LogP) is 2.51. The predicted molar refractivity (Wildman–Crippen MR) is 108 cm³/mol. The fourth-order valence-corrected chi connectivity index (χ4v) is 3.90. The monoisotopic (exact) mass is 395 g/mol. The SMILES string of the molecule is COc1nc(N[C@H]2CCN(C)C[C@H]2F)nn2ccc(-c3ccn4nccc4c3)c12. The van der Waals surface area contributed by atoms with Gasteiger partial charge in [0.05, 0.1) is 18.7 Å². The fourth-order valence-electron chi connectivity index (χ4n) is 3.90. The van der Waals surface area contributed by atoms with E-state index in [4.69, 9.17) is 4.74 Å². The van der Waals surface area contributed by atoms with Crippen molar-refractivity contribution in [2.24, 2.45) is 0 Å². The molecule has 0 saturated carbocycles. The van der Waals surface area contributed by atoms with Crippen LogP contribution in [0.15, 0.2) is 42.9 Å². The molecule has 0 aromatic carbocycles. The van der Waals surface area contributed by atoms with Crippen molar-refractivity contribution in [1.29, 1.82) is 0 Å². The van der Waals surface area contributed by atoms with Crippen molar-refractivity contribution in [2.45, 2.75) is 18.6 Å². The first-order valence-corrected chi connectivity index (χ1v) is 9.58. The minimum atomic E-state index is -0.971. The molecule has 29 heavy (non-hydrogen) atoms. The number of nitrogens with zero attached hydrogens (tertiary/aromatic N) is 6. The molecule has 0 aliphatic carbocycles. The molecule has 0 unspecified atom stereocenters. The number of ether oxygens (including phenoxy) is 1. The van der Waals surface area contributed by atoms with E-state index in [1.165, 1.54) is 0 Å². The minimum absolute atomic E-state index is 0.312. The van der Waals surface area contributed by atoms with Crippen LogP contribution in [0.3, 0.4) is 0 Å². The number of fused-ring (bicyclic) bond motifs is 2. The summed E-state index contributed by atoms with van der Waals surface area (Å²) in [7, 11) is 3.51. The smallest absolute Gasteiger partial charge is 0.244 e. The van der Waals surface area contributed by atoms with E-state index >= 15 is 0 Å². The second-order valence-corrected chi connectivity index (χ2v) is 7.40. The number of nitrogens with one attached hydrogen (secondary N) is 1. The summed E-state index contributed by atoms with van der Waals surface area (Å²) in [5.74, 6) is 0.805. The molecule has 1 aliphatic rings. The third kappa shape index (κ3) is 3.17. The van der Waals surface area contributed by atoms with E-state index in [0.717, 1.165) is 28.7 Å². The number of rotatable bonds is 4. The summed E-state index contributed by atoms with van der Waals surface area (Å²) >= 11 is 0. The van der Waals surface area contributed by atoms with Gasteiger partial charge in [-0.25, -0.2) is 13.4 Å². The maximum atomic E-state index is 14.4. The summed E-state index contributed by atoms with van der Waals surface area (Å²) in [5, 5.41) is 11.9. The molecule has 0 amide bonds. The highest BCUT2D eigenvalue weighted by molar-refractivity contribution is 5.85. The molecule has 1 N–H and O–H groups in total. The van der Waals surface area contributed by atoms with E-state index in [0.29, 0.717) is 24.8 Å². The van der Waals surface area contributed by atoms with Gasteiger partial charge in [-0.1, -0.05) is 0 Å². The number of alkyl halides is 1. The van der Waals surface area contributed by atoms with Gasteiger partial charge in [0, 0.05) is 37.2 Å². The average Bonchev–Trinajstić information content (AvgIpc) is 3.35. The molecule has 0 spiro atoms. The normalized spacial score (nSPS) is 20.4. The maximum Gasteiger partial charge on any atom is 0.244 e. The highest BCUT2D eigenvalue weighted by Gasteiger charge is 2.28. The number of pyridine rings is 1. The summed E-state index contributed by atoms with van der Waals surface area (Å²) in [6.07, 6.45) is 5.27. The Bertz CT molecular complexity index is 1170. The van der Waals surface area contributed by atoms with Gasteiger partial charge in [0.25, 0.3) is 0 Å². The fraction of sp³-hybridized carbons (Fsp3) is 0.350. The number of halogens is 1. The van der Waals surface area contributed by atoms with E-state index in [-0.39, 0.29) is 6.04 Å². The molecule has 0 radical (unpaired) electrons. The van der Waals surface area contributed by atoms with Crippen molar-refractivity contribution in [3.05, 3.63) is 42.9 Å². The molecule has 5 rings (SSSR count). The van der Waals surface area contributed by atoms with Gasteiger partial charge in [-0.05, 0) is 43.3 Å². The van der Waals surface area contributed by atoms with Gasteiger partial charge in [-0.15, -0.1) is 5.10 Å². The highest BCUT2D eigenvalue weighted by Crippen LogP contribution is 2.32. The van der Waals surface area contributed by atoms with Gasteiger partial charge in [-0.3, -0.25) is 0 Å². The Hall–Kier alpha value is -3.20. The van der Waals surface area contributed by atoms with Crippen molar-refractivity contribution in [3.8, 4) is 17.0 Å².